The van der Waals surface area contributed by atoms with Crippen molar-refractivity contribution in [2.75, 3.05) is 0 Å². The number of rotatable bonds is 0. The molecule has 2 aromatic heterocycles. The van der Waals surface area contributed by atoms with Gasteiger partial charge in [0.15, 0.2) is 5.65 Å². The molecule has 0 atom stereocenters. The van der Waals surface area contributed by atoms with E-state index in [-0.39, 0.29) is 11.2 Å². The van der Waals surface area contributed by atoms with Crippen LogP contribution in [0, 0.1) is 6.92 Å². The van der Waals surface area contributed by atoms with E-state index in [1.54, 1.807) is 4.40 Å². The summed E-state index contributed by atoms with van der Waals surface area (Å²) in [5.41, 5.74) is 1.26. The molecule has 80 valence electrons. The van der Waals surface area contributed by atoms with Gasteiger partial charge < -0.3 is 0 Å². The minimum atomic E-state index is -0.282. The Bertz CT molecular complexity index is 557. The Morgan fingerprint density at radius 2 is 1.93 bits per heavy atom. The van der Waals surface area contributed by atoms with Gasteiger partial charge in [-0.1, -0.05) is 6.07 Å². The van der Waals surface area contributed by atoms with Gasteiger partial charge in [-0.3, -0.25) is 0 Å². The van der Waals surface area contributed by atoms with Gasteiger partial charge in [0.05, 0.1) is 5.54 Å². The van der Waals surface area contributed by atoms with Gasteiger partial charge in [0, 0.05) is 5.69 Å². The fourth-order valence-electron chi connectivity index (χ4n) is 1.61. The maximum Gasteiger partial charge on any atom is 0.351 e. The maximum absolute atomic E-state index is 12.1. The van der Waals surface area contributed by atoms with Crippen molar-refractivity contribution in [3.63, 3.8) is 0 Å². The average Bonchev–Trinajstić information content (AvgIpc) is 2.44. The van der Waals surface area contributed by atoms with Crippen LogP contribution in [-0.4, -0.2) is 14.2 Å². The first-order chi connectivity index (χ1) is 6.91. The minimum Gasteiger partial charge on any atom is -0.247 e. The summed E-state index contributed by atoms with van der Waals surface area (Å²) in [7, 11) is 0. The molecule has 0 unspecified atom stereocenters. The lowest BCUT2D eigenvalue weighted by Crippen LogP contribution is -2.34. The summed E-state index contributed by atoms with van der Waals surface area (Å²) < 4.78 is 3.15. The third kappa shape index (κ3) is 1.46. The zero-order valence-electron chi connectivity index (χ0n) is 9.48. The van der Waals surface area contributed by atoms with Crippen LogP contribution in [-0.2, 0) is 5.54 Å². The Balaban J connectivity index is 2.88. The Kier molecular flexibility index (Phi) is 1.96. The minimum absolute atomic E-state index is 0.0735. The first-order valence-corrected chi connectivity index (χ1v) is 4.99. The van der Waals surface area contributed by atoms with E-state index in [2.05, 4.69) is 5.10 Å². The van der Waals surface area contributed by atoms with Crippen molar-refractivity contribution in [3.05, 3.63) is 34.4 Å². The van der Waals surface area contributed by atoms with E-state index in [4.69, 9.17) is 0 Å². The second-order valence-corrected chi connectivity index (χ2v) is 4.73. The quantitative estimate of drug-likeness (QED) is 0.654. The summed E-state index contributed by atoms with van der Waals surface area (Å²) in [4.78, 5) is 12.1. The molecule has 0 bridgehead atoms. The normalized spacial score (nSPS) is 12.3. The molecule has 2 aromatic rings. The van der Waals surface area contributed by atoms with E-state index in [1.165, 1.54) is 4.68 Å². The summed E-state index contributed by atoms with van der Waals surface area (Å²) in [6.07, 6.45) is 0. The Morgan fingerprint density at radius 1 is 1.27 bits per heavy atom. The molecule has 0 N–H and O–H groups in total. The average molecular weight is 205 g/mol. The fourth-order valence-corrected chi connectivity index (χ4v) is 1.61. The lowest BCUT2D eigenvalue weighted by atomic mass is 10.1. The van der Waals surface area contributed by atoms with Crippen LogP contribution in [0.15, 0.2) is 23.0 Å². The summed E-state index contributed by atoms with van der Waals surface area (Å²) in [6.45, 7) is 7.81. The van der Waals surface area contributed by atoms with E-state index in [0.29, 0.717) is 5.65 Å². The number of fused-ring (bicyclic) bond motifs is 1. The molecular formula is C11H15N3O. The predicted octanol–water partition coefficient (Wildman–Crippen LogP) is 1.56. The van der Waals surface area contributed by atoms with Crippen molar-refractivity contribution in [2.24, 2.45) is 0 Å². The Labute approximate surface area is 88.2 Å². The van der Waals surface area contributed by atoms with E-state index in [9.17, 15) is 4.79 Å². The molecule has 0 aliphatic carbocycles. The smallest absolute Gasteiger partial charge is 0.247 e. The van der Waals surface area contributed by atoms with Gasteiger partial charge in [-0.2, -0.15) is 0 Å². The lowest BCUT2D eigenvalue weighted by Gasteiger charge is -2.16. The molecular weight excluding hydrogens is 190 g/mol. The van der Waals surface area contributed by atoms with Crippen LogP contribution in [0.1, 0.15) is 26.5 Å². The standard InChI is InChI=1S/C11H15N3O/c1-8-6-5-7-9-12-14(11(2,3)4)10(15)13(8)9/h5-7H,1-4H3. The SMILES string of the molecule is Cc1cccc2nn(C(C)(C)C)c(=O)n12. The lowest BCUT2D eigenvalue weighted by molar-refractivity contribution is 0.344. The summed E-state index contributed by atoms with van der Waals surface area (Å²) in [6, 6.07) is 5.66. The molecule has 0 saturated heterocycles. The van der Waals surface area contributed by atoms with E-state index in [1.807, 2.05) is 45.9 Å². The number of aromatic nitrogens is 3. The molecule has 4 heteroatoms. The molecule has 0 fully saturated rings. The van der Waals surface area contributed by atoms with Crippen molar-refractivity contribution in [1.29, 1.82) is 0 Å². The van der Waals surface area contributed by atoms with Crippen LogP contribution >= 0.6 is 0 Å². The molecule has 0 spiro atoms. The molecule has 4 nitrogen and oxygen atoms in total. The summed E-state index contributed by atoms with van der Waals surface area (Å²) in [5, 5.41) is 4.31. The van der Waals surface area contributed by atoms with Crippen LogP contribution in [0.4, 0.5) is 0 Å². The van der Waals surface area contributed by atoms with Crippen LogP contribution in [0.5, 0.6) is 0 Å². The zero-order valence-corrected chi connectivity index (χ0v) is 9.48. The second kappa shape index (κ2) is 2.95. The third-order valence-electron chi connectivity index (χ3n) is 2.37. The zero-order chi connectivity index (χ0) is 11.2. The van der Waals surface area contributed by atoms with Gasteiger partial charge in [0.25, 0.3) is 0 Å². The molecule has 0 amide bonds. The molecule has 0 aliphatic heterocycles. The van der Waals surface area contributed by atoms with E-state index in [0.717, 1.165) is 5.69 Å². The Hall–Kier alpha value is -1.58. The summed E-state index contributed by atoms with van der Waals surface area (Å²) >= 11 is 0. The summed E-state index contributed by atoms with van der Waals surface area (Å²) in [5.74, 6) is 0. The van der Waals surface area contributed by atoms with Crippen molar-refractivity contribution in [2.45, 2.75) is 33.2 Å². The first kappa shape index (κ1) is 9.96. The van der Waals surface area contributed by atoms with Gasteiger partial charge in [0.2, 0.25) is 0 Å². The highest BCUT2D eigenvalue weighted by Gasteiger charge is 2.19. The highest BCUT2D eigenvalue weighted by molar-refractivity contribution is 5.38. The fraction of sp³-hybridized carbons (Fsp3) is 0.455. The van der Waals surface area contributed by atoms with Crippen LogP contribution in [0.25, 0.3) is 5.65 Å². The van der Waals surface area contributed by atoms with Crippen molar-refractivity contribution >= 4 is 5.65 Å². The first-order valence-electron chi connectivity index (χ1n) is 4.99. The van der Waals surface area contributed by atoms with Crippen LogP contribution in [0.2, 0.25) is 0 Å². The van der Waals surface area contributed by atoms with Gasteiger partial charge in [-0.25, -0.2) is 13.9 Å². The van der Waals surface area contributed by atoms with E-state index >= 15 is 0 Å². The number of nitrogens with zero attached hydrogens (tertiary/aromatic N) is 3. The topological polar surface area (TPSA) is 39.3 Å². The van der Waals surface area contributed by atoms with Crippen LogP contribution in [0.3, 0.4) is 0 Å². The highest BCUT2D eigenvalue weighted by Crippen LogP contribution is 2.10. The molecule has 0 aliphatic rings. The second-order valence-electron chi connectivity index (χ2n) is 4.73. The molecule has 2 heterocycles. The number of pyridine rings is 1. The van der Waals surface area contributed by atoms with Gasteiger partial charge in [0.1, 0.15) is 0 Å². The van der Waals surface area contributed by atoms with E-state index < -0.39 is 0 Å². The van der Waals surface area contributed by atoms with Gasteiger partial charge in [-0.05, 0) is 39.8 Å². The van der Waals surface area contributed by atoms with Gasteiger partial charge >= 0.3 is 5.69 Å². The largest absolute Gasteiger partial charge is 0.351 e. The number of hydrogen-bond donors (Lipinski definition) is 0. The van der Waals surface area contributed by atoms with Crippen molar-refractivity contribution in [1.82, 2.24) is 14.2 Å². The molecule has 0 radical (unpaired) electrons. The Morgan fingerprint density at radius 3 is 2.47 bits per heavy atom. The van der Waals surface area contributed by atoms with Crippen molar-refractivity contribution in [3.8, 4) is 0 Å². The molecule has 2 rings (SSSR count). The van der Waals surface area contributed by atoms with Crippen molar-refractivity contribution < 1.29 is 0 Å². The number of hydrogen-bond acceptors (Lipinski definition) is 2. The van der Waals surface area contributed by atoms with Gasteiger partial charge in [-0.15, -0.1) is 5.10 Å². The maximum atomic E-state index is 12.1. The number of aryl methyl sites for hydroxylation is 1. The third-order valence-corrected chi connectivity index (χ3v) is 2.37. The molecule has 0 aromatic carbocycles. The predicted molar refractivity (Wildman–Crippen MR) is 59.2 cm³/mol. The monoisotopic (exact) mass is 205 g/mol. The van der Waals surface area contributed by atoms with Crippen LogP contribution < -0.4 is 5.69 Å². The molecule has 15 heavy (non-hydrogen) atoms. The highest BCUT2D eigenvalue weighted by atomic mass is 16.2. The molecule has 0 saturated carbocycles.